The van der Waals surface area contributed by atoms with Crippen molar-refractivity contribution in [3.05, 3.63) is 0 Å². The van der Waals surface area contributed by atoms with E-state index in [1.54, 1.807) is 7.11 Å². The van der Waals surface area contributed by atoms with Crippen LogP contribution < -0.4 is 0 Å². The molecule has 0 bridgehead atoms. The van der Waals surface area contributed by atoms with E-state index in [-0.39, 0.29) is 0 Å². The molecular formula is C13H26ClNO. The normalized spacial score (nSPS) is 21.2. The topological polar surface area (TPSA) is 12.5 Å². The summed E-state index contributed by atoms with van der Waals surface area (Å²) in [5, 5.41) is 0. The van der Waals surface area contributed by atoms with E-state index in [4.69, 9.17) is 16.3 Å². The van der Waals surface area contributed by atoms with Gasteiger partial charge in [0.1, 0.15) is 0 Å². The Morgan fingerprint density at radius 1 is 1.31 bits per heavy atom. The molecule has 1 aliphatic rings. The Bertz CT molecular complexity index is 169. The average Bonchev–Trinajstić information content (AvgIpc) is 2.29. The van der Waals surface area contributed by atoms with Crippen molar-refractivity contribution in [1.82, 2.24) is 4.90 Å². The van der Waals surface area contributed by atoms with Crippen molar-refractivity contribution >= 4 is 11.6 Å². The lowest BCUT2D eigenvalue weighted by Crippen LogP contribution is -2.36. The van der Waals surface area contributed by atoms with Gasteiger partial charge in [-0.2, -0.15) is 0 Å². The molecule has 0 saturated carbocycles. The lowest BCUT2D eigenvalue weighted by molar-refractivity contribution is 0.0973. The highest BCUT2D eigenvalue weighted by atomic mass is 35.5. The molecule has 1 atom stereocenters. The fourth-order valence-corrected chi connectivity index (χ4v) is 2.72. The van der Waals surface area contributed by atoms with E-state index in [1.165, 1.54) is 38.9 Å². The van der Waals surface area contributed by atoms with Crippen molar-refractivity contribution in [3.8, 4) is 0 Å². The maximum absolute atomic E-state index is 5.74. The number of alkyl halides is 1. The van der Waals surface area contributed by atoms with E-state index < -0.39 is 0 Å². The van der Waals surface area contributed by atoms with Gasteiger partial charge in [0.25, 0.3) is 0 Å². The lowest BCUT2D eigenvalue weighted by Gasteiger charge is -2.32. The summed E-state index contributed by atoms with van der Waals surface area (Å²) in [6.07, 6.45) is 5.05. The highest BCUT2D eigenvalue weighted by molar-refractivity contribution is 6.17. The summed E-state index contributed by atoms with van der Waals surface area (Å²) in [5.41, 5.74) is 0. The van der Waals surface area contributed by atoms with Gasteiger partial charge in [0.05, 0.1) is 0 Å². The quantitative estimate of drug-likeness (QED) is 0.642. The monoisotopic (exact) mass is 247 g/mol. The van der Waals surface area contributed by atoms with Crippen LogP contribution in [0.1, 0.15) is 32.6 Å². The second-order valence-electron chi connectivity index (χ2n) is 5.11. The predicted molar refractivity (Wildman–Crippen MR) is 70.2 cm³/mol. The van der Waals surface area contributed by atoms with Gasteiger partial charge in [0.15, 0.2) is 0 Å². The lowest BCUT2D eigenvalue weighted by atomic mass is 9.97. The Morgan fingerprint density at radius 3 is 2.56 bits per heavy atom. The molecular weight excluding hydrogens is 222 g/mol. The van der Waals surface area contributed by atoms with Crippen LogP contribution >= 0.6 is 11.6 Å². The van der Waals surface area contributed by atoms with E-state index in [2.05, 4.69) is 11.8 Å². The van der Waals surface area contributed by atoms with E-state index >= 15 is 0 Å². The summed E-state index contributed by atoms with van der Waals surface area (Å²) < 4.78 is 5.21. The number of ether oxygens (including phenoxy) is 1. The van der Waals surface area contributed by atoms with Crippen molar-refractivity contribution < 1.29 is 4.74 Å². The highest BCUT2D eigenvalue weighted by Gasteiger charge is 2.18. The van der Waals surface area contributed by atoms with Gasteiger partial charge < -0.3 is 9.64 Å². The summed E-state index contributed by atoms with van der Waals surface area (Å²) in [6.45, 7) is 7.00. The minimum absolute atomic E-state index is 0.772. The zero-order valence-corrected chi connectivity index (χ0v) is 11.5. The van der Waals surface area contributed by atoms with Crippen LogP contribution in [0.3, 0.4) is 0 Å². The molecule has 16 heavy (non-hydrogen) atoms. The largest absolute Gasteiger partial charge is 0.384 e. The Balaban J connectivity index is 2.07. The molecule has 0 aromatic carbocycles. The summed E-state index contributed by atoms with van der Waals surface area (Å²) >= 11 is 5.74. The fourth-order valence-electron chi connectivity index (χ4n) is 2.35. The molecule has 96 valence electrons. The minimum atomic E-state index is 0.772. The third-order valence-corrected chi connectivity index (χ3v) is 3.87. The zero-order chi connectivity index (χ0) is 11.8. The number of methoxy groups -OCH3 is 1. The molecule has 0 spiro atoms. The molecule has 0 radical (unpaired) electrons. The maximum Gasteiger partial charge on any atom is 0.0491 e. The Kier molecular flexibility index (Phi) is 7.42. The number of hydrogen-bond donors (Lipinski definition) is 0. The molecule has 0 aromatic rings. The number of piperidine rings is 1. The second kappa shape index (κ2) is 8.32. The van der Waals surface area contributed by atoms with Crippen LogP contribution in [-0.4, -0.2) is 44.1 Å². The van der Waals surface area contributed by atoms with Gasteiger partial charge in [-0.3, -0.25) is 0 Å². The van der Waals surface area contributed by atoms with E-state index in [0.717, 1.165) is 30.7 Å². The van der Waals surface area contributed by atoms with Crippen molar-refractivity contribution in [1.29, 1.82) is 0 Å². The Morgan fingerprint density at radius 2 is 2.00 bits per heavy atom. The van der Waals surface area contributed by atoms with Crippen molar-refractivity contribution in [2.75, 3.05) is 39.2 Å². The van der Waals surface area contributed by atoms with Crippen LogP contribution in [0, 0.1) is 11.8 Å². The smallest absolute Gasteiger partial charge is 0.0491 e. The molecule has 1 rings (SSSR count). The van der Waals surface area contributed by atoms with Crippen LogP contribution in [0.15, 0.2) is 0 Å². The number of rotatable bonds is 7. The molecule has 3 heteroatoms. The standard InChI is InChI=1S/C13H26ClNO/c1-12(3-7-14)4-8-15-9-5-13(6-10-15)11-16-2/h12-13H,3-11H2,1-2H3. The van der Waals surface area contributed by atoms with Gasteiger partial charge in [-0.05, 0) is 57.2 Å². The molecule has 1 heterocycles. The van der Waals surface area contributed by atoms with E-state index in [0.29, 0.717) is 0 Å². The average molecular weight is 248 g/mol. The first-order valence-electron chi connectivity index (χ1n) is 6.53. The van der Waals surface area contributed by atoms with Gasteiger partial charge in [-0.1, -0.05) is 6.92 Å². The molecule has 0 aliphatic carbocycles. The van der Waals surface area contributed by atoms with Crippen molar-refractivity contribution in [2.24, 2.45) is 11.8 Å². The van der Waals surface area contributed by atoms with Gasteiger partial charge in [-0.15, -0.1) is 11.6 Å². The first-order valence-corrected chi connectivity index (χ1v) is 7.07. The molecule has 0 N–H and O–H groups in total. The third-order valence-electron chi connectivity index (χ3n) is 3.65. The van der Waals surface area contributed by atoms with Gasteiger partial charge in [-0.25, -0.2) is 0 Å². The van der Waals surface area contributed by atoms with Crippen molar-refractivity contribution in [3.63, 3.8) is 0 Å². The number of hydrogen-bond acceptors (Lipinski definition) is 2. The first-order chi connectivity index (χ1) is 7.76. The molecule has 0 aromatic heterocycles. The van der Waals surface area contributed by atoms with Crippen LogP contribution in [-0.2, 0) is 4.74 Å². The van der Waals surface area contributed by atoms with Crippen LogP contribution in [0.25, 0.3) is 0 Å². The summed E-state index contributed by atoms with van der Waals surface area (Å²) in [4.78, 5) is 2.59. The van der Waals surface area contributed by atoms with Crippen LogP contribution in [0.4, 0.5) is 0 Å². The number of likely N-dealkylation sites (tertiary alicyclic amines) is 1. The fraction of sp³-hybridized carbons (Fsp3) is 1.00. The molecule has 1 fully saturated rings. The SMILES string of the molecule is COCC1CCN(CCC(C)CCCl)CC1. The third kappa shape index (κ3) is 5.51. The van der Waals surface area contributed by atoms with E-state index in [1.807, 2.05) is 0 Å². The van der Waals surface area contributed by atoms with Crippen LogP contribution in [0.5, 0.6) is 0 Å². The molecule has 1 aliphatic heterocycles. The van der Waals surface area contributed by atoms with E-state index in [9.17, 15) is 0 Å². The first kappa shape index (κ1) is 14.3. The Labute approximate surface area is 105 Å². The van der Waals surface area contributed by atoms with Gasteiger partial charge >= 0.3 is 0 Å². The van der Waals surface area contributed by atoms with Gasteiger partial charge in [0, 0.05) is 19.6 Å². The number of nitrogens with zero attached hydrogens (tertiary/aromatic N) is 1. The molecule has 0 amide bonds. The summed E-state index contributed by atoms with van der Waals surface area (Å²) in [5.74, 6) is 2.37. The Hall–Kier alpha value is 0.210. The highest BCUT2D eigenvalue weighted by Crippen LogP contribution is 2.18. The summed E-state index contributed by atoms with van der Waals surface area (Å²) in [7, 11) is 1.81. The molecule has 1 saturated heterocycles. The maximum atomic E-state index is 5.74. The number of halogens is 1. The minimum Gasteiger partial charge on any atom is -0.384 e. The van der Waals surface area contributed by atoms with Gasteiger partial charge in [0.2, 0.25) is 0 Å². The second-order valence-corrected chi connectivity index (χ2v) is 5.49. The summed E-state index contributed by atoms with van der Waals surface area (Å²) in [6, 6.07) is 0. The predicted octanol–water partition coefficient (Wildman–Crippen LogP) is 3.00. The zero-order valence-electron chi connectivity index (χ0n) is 10.8. The molecule has 1 unspecified atom stereocenters. The van der Waals surface area contributed by atoms with Crippen LogP contribution in [0.2, 0.25) is 0 Å². The molecule has 2 nitrogen and oxygen atoms in total. The van der Waals surface area contributed by atoms with Crippen molar-refractivity contribution in [2.45, 2.75) is 32.6 Å².